The van der Waals surface area contributed by atoms with Crippen LogP contribution < -0.4 is 10.1 Å². The molecule has 2 aromatic rings. The van der Waals surface area contributed by atoms with Crippen LogP contribution in [0.3, 0.4) is 0 Å². The highest BCUT2D eigenvalue weighted by Crippen LogP contribution is 2.29. The molecule has 6 nitrogen and oxygen atoms in total. The van der Waals surface area contributed by atoms with Gasteiger partial charge in [0.25, 0.3) is 5.91 Å². The standard InChI is InChI=1S/C18H20N2O4/c1-4-18(2,17(22)23)20-16(21)12-8-9-15(24-3)13(11-12)14-7-5-6-10-19-14/h5-11H,4H2,1-3H3,(H,20,21)(H,22,23). The Morgan fingerprint density at radius 3 is 2.58 bits per heavy atom. The number of carboxylic acids is 1. The number of hydrogen-bond acceptors (Lipinski definition) is 4. The Labute approximate surface area is 140 Å². The van der Waals surface area contributed by atoms with Gasteiger partial charge in [-0.1, -0.05) is 13.0 Å². The molecule has 1 aromatic carbocycles. The van der Waals surface area contributed by atoms with Crippen molar-refractivity contribution < 1.29 is 19.4 Å². The Hall–Kier alpha value is -2.89. The van der Waals surface area contributed by atoms with Crippen molar-refractivity contribution in [1.82, 2.24) is 10.3 Å². The molecule has 24 heavy (non-hydrogen) atoms. The van der Waals surface area contributed by atoms with Crippen LogP contribution in [0, 0.1) is 0 Å². The Kier molecular flexibility index (Phi) is 5.18. The topological polar surface area (TPSA) is 88.5 Å². The number of nitrogens with one attached hydrogen (secondary N) is 1. The van der Waals surface area contributed by atoms with E-state index in [1.54, 1.807) is 44.5 Å². The number of pyridine rings is 1. The third-order valence-corrected chi connectivity index (χ3v) is 3.97. The van der Waals surface area contributed by atoms with Gasteiger partial charge in [0, 0.05) is 17.3 Å². The van der Waals surface area contributed by atoms with Crippen LogP contribution >= 0.6 is 0 Å². The average molecular weight is 328 g/mol. The normalized spacial score (nSPS) is 13.0. The van der Waals surface area contributed by atoms with Gasteiger partial charge in [-0.15, -0.1) is 0 Å². The van der Waals surface area contributed by atoms with Crippen molar-refractivity contribution in [2.24, 2.45) is 0 Å². The van der Waals surface area contributed by atoms with Crippen LogP contribution in [0.2, 0.25) is 0 Å². The molecule has 1 aromatic heterocycles. The molecule has 0 saturated carbocycles. The first kappa shape index (κ1) is 17.5. The van der Waals surface area contributed by atoms with E-state index in [9.17, 15) is 14.7 Å². The fraction of sp³-hybridized carbons (Fsp3) is 0.278. The summed E-state index contributed by atoms with van der Waals surface area (Å²) in [7, 11) is 1.54. The molecule has 0 bridgehead atoms. The maximum absolute atomic E-state index is 12.5. The van der Waals surface area contributed by atoms with Gasteiger partial charge in [-0.25, -0.2) is 4.79 Å². The molecular weight excluding hydrogens is 308 g/mol. The summed E-state index contributed by atoms with van der Waals surface area (Å²) in [5.74, 6) is -0.944. The van der Waals surface area contributed by atoms with Crippen molar-refractivity contribution in [3.05, 3.63) is 48.2 Å². The van der Waals surface area contributed by atoms with Crippen LogP contribution in [0.25, 0.3) is 11.3 Å². The fourth-order valence-electron chi connectivity index (χ4n) is 2.19. The molecule has 0 radical (unpaired) electrons. The molecule has 0 fully saturated rings. The van der Waals surface area contributed by atoms with Crippen molar-refractivity contribution in [1.29, 1.82) is 0 Å². The van der Waals surface area contributed by atoms with Crippen molar-refractivity contribution in [2.45, 2.75) is 25.8 Å². The number of benzene rings is 1. The lowest BCUT2D eigenvalue weighted by Gasteiger charge is -2.24. The van der Waals surface area contributed by atoms with Crippen LogP contribution in [-0.4, -0.2) is 34.6 Å². The van der Waals surface area contributed by atoms with Gasteiger partial charge in [0.15, 0.2) is 0 Å². The molecule has 1 unspecified atom stereocenters. The molecule has 0 aliphatic rings. The van der Waals surface area contributed by atoms with Crippen LogP contribution in [0.1, 0.15) is 30.6 Å². The lowest BCUT2D eigenvalue weighted by atomic mass is 9.98. The number of methoxy groups -OCH3 is 1. The van der Waals surface area contributed by atoms with Crippen molar-refractivity contribution >= 4 is 11.9 Å². The van der Waals surface area contributed by atoms with Gasteiger partial charge >= 0.3 is 5.97 Å². The molecule has 1 atom stereocenters. The van der Waals surface area contributed by atoms with Crippen molar-refractivity contribution in [3.63, 3.8) is 0 Å². The number of ether oxygens (including phenoxy) is 1. The minimum atomic E-state index is -1.32. The molecule has 1 amide bonds. The lowest BCUT2D eigenvalue weighted by molar-refractivity contribution is -0.143. The Morgan fingerprint density at radius 2 is 2.04 bits per heavy atom. The zero-order valence-electron chi connectivity index (χ0n) is 13.9. The second-order valence-electron chi connectivity index (χ2n) is 5.57. The number of rotatable bonds is 6. The monoisotopic (exact) mass is 328 g/mol. The van der Waals surface area contributed by atoms with Crippen LogP contribution in [0.4, 0.5) is 0 Å². The second-order valence-corrected chi connectivity index (χ2v) is 5.57. The van der Waals surface area contributed by atoms with E-state index >= 15 is 0 Å². The minimum Gasteiger partial charge on any atom is -0.496 e. The quantitative estimate of drug-likeness (QED) is 0.851. The van der Waals surface area contributed by atoms with E-state index in [1.807, 2.05) is 12.1 Å². The van der Waals surface area contributed by atoms with Gasteiger partial charge < -0.3 is 15.2 Å². The van der Waals surface area contributed by atoms with Crippen molar-refractivity contribution in [3.8, 4) is 17.0 Å². The summed E-state index contributed by atoms with van der Waals surface area (Å²) < 4.78 is 5.33. The van der Waals surface area contributed by atoms with Crippen LogP contribution in [0.5, 0.6) is 5.75 Å². The molecule has 0 spiro atoms. The van der Waals surface area contributed by atoms with E-state index in [0.717, 1.165) is 0 Å². The smallest absolute Gasteiger partial charge is 0.329 e. The number of amides is 1. The lowest BCUT2D eigenvalue weighted by Crippen LogP contribution is -2.51. The average Bonchev–Trinajstić information content (AvgIpc) is 2.61. The van der Waals surface area contributed by atoms with Gasteiger partial charge in [-0.05, 0) is 43.7 Å². The molecular formula is C18H20N2O4. The first-order valence-electron chi connectivity index (χ1n) is 7.56. The third kappa shape index (κ3) is 3.53. The summed E-state index contributed by atoms with van der Waals surface area (Å²) in [5, 5.41) is 11.9. The first-order valence-corrected chi connectivity index (χ1v) is 7.56. The maximum atomic E-state index is 12.5. The summed E-state index contributed by atoms with van der Waals surface area (Å²) >= 11 is 0. The summed E-state index contributed by atoms with van der Waals surface area (Å²) in [6, 6.07) is 10.4. The Bertz CT molecular complexity index is 746. The zero-order chi connectivity index (χ0) is 17.7. The highest BCUT2D eigenvalue weighted by molar-refractivity contribution is 5.99. The predicted octanol–water partition coefficient (Wildman–Crippen LogP) is 2.74. The van der Waals surface area contributed by atoms with E-state index in [1.165, 1.54) is 6.92 Å². The molecule has 2 rings (SSSR count). The highest BCUT2D eigenvalue weighted by atomic mass is 16.5. The van der Waals surface area contributed by atoms with Crippen molar-refractivity contribution in [2.75, 3.05) is 7.11 Å². The zero-order valence-corrected chi connectivity index (χ0v) is 13.9. The summed E-state index contributed by atoms with van der Waals surface area (Å²) in [5.41, 5.74) is 0.361. The van der Waals surface area contributed by atoms with E-state index in [4.69, 9.17) is 4.74 Å². The minimum absolute atomic E-state index is 0.275. The Balaban J connectivity index is 2.39. The number of hydrogen-bond donors (Lipinski definition) is 2. The second kappa shape index (κ2) is 7.12. The predicted molar refractivity (Wildman–Crippen MR) is 90.0 cm³/mol. The van der Waals surface area contributed by atoms with E-state index in [0.29, 0.717) is 22.6 Å². The largest absolute Gasteiger partial charge is 0.496 e. The van der Waals surface area contributed by atoms with Gasteiger partial charge in [0.05, 0.1) is 12.8 Å². The van der Waals surface area contributed by atoms with Gasteiger partial charge in [0.1, 0.15) is 11.3 Å². The molecule has 126 valence electrons. The molecule has 0 aliphatic carbocycles. The SMILES string of the molecule is CCC(C)(NC(=O)c1ccc(OC)c(-c2ccccn2)c1)C(=O)O. The van der Waals surface area contributed by atoms with E-state index in [2.05, 4.69) is 10.3 Å². The summed E-state index contributed by atoms with van der Waals surface area (Å²) in [4.78, 5) is 28.1. The molecule has 0 saturated heterocycles. The van der Waals surface area contributed by atoms with Crippen LogP contribution in [0.15, 0.2) is 42.6 Å². The number of carbonyl (C=O) groups excluding carboxylic acids is 1. The molecule has 1 heterocycles. The van der Waals surface area contributed by atoms with E-state index < -0.39 is 17.4 Å². The maximum Gasteiger partial charge on any atom is 0.329 e. The summed E-state index contributed by atoms with van der Waals surface area (Å²) in [6.45, 7) is 3.19. The van der Waals surface area contributed by atoms with Gasteiger partial charge in [-0.2, -0.15) is 0 Å². The summed E-state index contributed by atoms with van der Waals surface area (Å²) in [6.07, 6.45) is 1.93. The molecule has 6 heteroatoms. The third-order valence-electron chi connectivity index (χ3n) is 3.97. The van der Waals surface area contributed by atoms with Crippen LogP contribution in [-0.2, 0) is 4.79 Å². The van der Waals surface area contributed by atoms with Gasteiger partial charge in [0.2, 0.25) is 0 Å². The number of carbonyl (C=O) groups is 2. The number of aromatic nitrogens is 1. The molecule has 0 aliphatic heterocycles. The number of carboxylic acid groups (broad SMARTS) is 1. The highest BCUT2D eigenvalue weighted by Gasteiger charge is 2.33. The Morgan fingerprint density at radius 1 is 1.29 bits per heavy atom. The molecule has 2 N–H and O–H groups in total. The van der Waals surface area contributed by atoms with E-state index in [-0.39, 0.29) is 6.42 Å². The number of aliphatic carboxylic acids is 1. The number of nitrogens with zero attached hydrogens (tertiary/aromatic N) is 1. The first-order chi connectivity index (χ1) is 11.4. The van der Waals surface area contributed by atoms with Gasteiger partial charge in [-0.3, -0.25) is 9.78 Å². The fourth-order valence-corrected chi connectivity index (χ4v) is 2.19.